The second-order valence-corrected chi connectivity index (χ2v) is 8.10. The van der Waals surface area contributed by atoms with Gasteiger partial charge >= 0.3 is 0 Å². The molecule has 0 amide bonds. The summed E-state index contributed by atoms with van der Waals surface area (Å²) in [6.45, 7) is 3.89. The summed E-state index contributed by atoms with van der Waals surface area (Å²) in [5.41, 5.74) is 0. The lowest BCUT2D eigenvalue weighted by Gasteiger charge is -2.13. The van der Waals surface area contributed by atoms with Crippen molar-refractivity contribution < 1.29 is 4.52 Å². The molecule has 2 aliphatic rings. The summed E-state index contributed by atoms with van der Waals surface area (Å²) in [5.74, 6) is 2.12. The summed E-state index contributed by atoms with van der Waals surface area (Å²) in [6, 6.07) is 0. The molecule has 0 spiro atoms. The first-order chi connectivity index (χ1) is 11.8. The van der Waals surface area contributed by atoms with Gasteiger partial charge in [-0.3, -0.25) is 4.90 Å². The van der Waals surface area contributed by atoms with Crippen molar-refractivity contribution >= 4 is 16.5 Å². The average Bonchev–Trinajstić information content (AvgIpc) is 3.35. The third kappa shape index (κ3) is 3.62. The molecule has 0 bridgehead atoms. The maximum absolute atomic E-state index is 5.47. The molecule has 2 aromatic rings. The van der Waals surface area contributed by atoms with Crippen molar-refractivity contribution in [1.29, 1.82) is 0 Å². The second kappa shape index (κ2) is 7.19. The summed E-state index contributed by atoms with van der Waals surface area (Å²) in [5, 5.41) is 5.33. The first-order valence-corrected chi connectivity index (χ1v) is 9.80. The van der Waals surface area contributed by atoms with Gasteiger partial charge in [0.1, 0.15) is 0 Å². The molecule has 1 saturated heterocycles. The van der Waals surface area contributed by atoms with Crippen molar-refractivity contribution in [2.75, 3.05) is 25.0 Å². The quantitative estimate of drug-likeness (QED) is 0.798. The topological polar surface area (TPSA) is 58.3 Å². The van der Waals surface area contributed by atoms with Crippen LogP contribution in [0.5, 0.6) is 0 Å². The smallest absolute Gasteiger partial charge is 0.229 e. The second-order valence-electron chi connectivity index (χ2n) is 7.01. The molecule has 0 N–H and O–H groups in total. The maximum atomic E-state index is 5.47. The Morgan fingerprint density at radius 3 is 2.79 bits per heavy atom. The van der Waals surface area contributed by atoms with Crippen molar-refractivity contribution in [2.24, 2.45) is 0 Å². The summed E-state index contributed by atoms with van der Waals surface area (Å²) >= 11 is 1.80. The third-order valence-corrected chi connectivity index (χ3v) is 5.99. The number of anilines is 1. The number of rotatable bonds is 6. The Morgan fingerprint density at radius 1 is 1.21 bits per heavy atom. The number of hydrogen-bond acceptors (Lipinski definition) is 7. The molecule has 2 aromatic heterocycles. The Balaban J connectivity index is 1.32. The first kappa shape index (κ1) is 16.0. The molecular weight excluding hydrogens is 322 g/mol. The number of thiazole rings is 1. The molecule has 1 aliphatic carbocycles. The Hall–Kier alpha value is -1.47. The van der Waals surface area contributed by atoms with E-state index in [1.807, 2.05) is 6.20 Å². The van der Waals surface area contributed by atoms with Gasteiger partial charge in [-0.25, -0.2) is 4.98 Å². The summed E-state index contributed by atoms with van der Waals surface area (Å²) in [6.07, 6.45) is 9.54. The Labute approximate surface area is 146 Å². The lowest BCUT2D eigenvalue weighted by Crippen LogP contribution is -2.17. The molecule has 0 unspecified atom stereocenters. The maximum Gasteiger partial charge on any atom is 0.229 e. The Bertz CT molecular complexity index is 601. The van der Waals surface area contributed by atoms with Gasteiger partial charge in [-0.05, 0) is 32.7 Å². The van der Waals surface area contributed by atoms with E-state index in [-0.39, 0.29) is 0 Å². The molecule has 0 radical (unpaired) electrons. The monoisotopic (exact) mass is 347 g/mol. The zero-order chi connectivity index (χ0) is 16.4. The van der Waals surface area contributed by atoms with Crippen LogP contribution in [0, 0.1) is 0 Å². The molecule has 1 saturated carbocycles. The fourth-order valence-electron chi connectivity index (χ4n) is 3.66. The summed E-state index contributed by atoms with van der Waals surface area (Å²) < 4.78 is 5.47. The molecular formula is C17H25N5OS. The van der Waals surface area contributed by atoms with Gasteiger partial charge in [0, 0.05) is 36.6 Å². The van der Waals surface area contributed by atoms with Crippen molar-refractivity contribution in [2.45, 2.75) is 57.5 Å². The highest BCUT2D eigenvalue weighted by Crippen LogP contribution is 2.33. The minimum absolute atomic E-state index is 0.487. The molecule has 3 heterocycles. The van der Waals surface area contributed by atoms with Crippen LogP contribution in [0.4, 0.5) is 5.13 Å². The fourth-order valence-corrected chi connectivity index (χ4v) is 4.70. The molecule has 0 atom stereocenters. The number of aromatic nitrogens is 3. The summed E-state index contributed by atoms with van der Waals surface area (Å²) in [7, 11) is 2.10. The Morgan fingerprint density at radius 2 is 2.00 bits per heavy atom. The molecule has 130 valence electrons. The van der Waals surface area contributed by atoms with E-state index in [1.54, 1.807) is 11.3 Å². The van der Waals surface area contributed by atoms with Gasteiger partial charge in [-0.15, -0.1) is 11.3 Å². The van der Waals surface area contributed by atoms with Crippen LogP contribution in [0.25, 0.3) is 0 Å². The fraction of sp³-hybridized carbons (Fsp3) is 0.706. The van der Waals surface area contributed by atoms with Crippen LogP contribution in [0.1, 0.15) is 61.0 Å². The van der Waals surface area contributed by atoms with Crippen molar-refractivity contribution in [3.05, 3.63) is 22.8 Å². The minimum atomic E-state index is 0.487. The Kier molecular flexibility index (Phi) is 4.80. The highest BCUT2D eigenvalue weighted by molar-refractivity contribution is 7.15. The van der Waals surface area contributed by atoms with Gasteiger partial charge in [0.05, 0.1) is 6.54 Å². The molecule has 0 aromatic carbocycles. The standard InChI is InChI=1S/C17H25N5OS/c1-21(11-14-10-18-17(24-14)22-8-4-5-9-22)12-15-19-16(23-20-15)13-6-2-3-7-13/h10,13H,2-9,11-12H2,1H3. The number of nitrogens with zero attached hydrogens (tertiary/aromatic N) is 5. The van der Waals surface area contributed by atoms with Gasteiger partial charge in [0.2, 0.25) is 5.89 Å². The predicted molar refractivity (Wildman–Crippen MR) is 94.2 cm³/mol. The minimum Gasteiger partial charge on any atom is -0.348 e. The van der Waals surface area contributed by atoms with E-state index >= 15 is 0 Å². The van der Waals surface area contributed by atoms with Crippen LogP contribution in [0.3, 0.4) is 0 Å². The molecule has 6 nitrogen and oxygen atoms in total. The highest BCUT2D eigenvalue weighted by Gasteiger charge is 2.23. The van der Waals surface area contributed by atoms with Crippen LogP contribution in [-0.2, 0) is 13.1 Å². The van der Waals surface area contributed by atoms with E-state index in [0.29, 0.717) is 12.5 Å². The van der Waals surface area contributed by atoms with Crippen molar-refractivity contribution in [3.63, 3.8) is 0 Å². The van der Waals surface area contributed by atoms with Gasteiger partial charge < -0.3 is 9.42 Å². The van der Waals surface area contributed by atoms with Crippen molar-refractivity contribution in [1.82, 2.24) is 20.0 Å². The van der Waals surface area contributed by atoms with E-state index in [2.05, 4.69) is 32.0 Å². The molecule has 2 fully saturated rings. The average molecular weight is 347 g/mol. The zero-order valence-corrected chi connectivity index (χ0v) is 15.1. The SMILES string of the molecule is CN(Cc1noc(C2CCCC2)n1)Cc1cnc(N2CCCC2)s1. The molecule has 7 heteroatoms. The molecule has 1 aliphatic heterocycles. The van der Waals surface area contributed by atoms with E-state index in [9.17, 15) is 0 Å². The van der Waals surface area contributed by atoms with Crippen LogP contribution >= 0.6 is 11.3 Å². The van der Waals surface area contributed by atoms with Crippen LogP contribution < -0.4 is 4.90 Å². The number of hydrogen-bond donors (Lipinski definition) is 0. The van der Waals surface area contributed by atoms with Crippen LogP contribution in [-0.4, -0.2) is 40.2 Å². The first-order valence-electron chi connectivity index (χ1n) is 8.98. The van der Waals surface area contributed by atoms with E-state index < -0.39 is 0 Å². The normalized spacial score (nSPS) is 19.0. The molecule has 4 rings (SSSR count). The van der Waals surface area contributed by atoms with Gasteiger partial charge in [-0.1, -0.05) is 18.0 Å². The van der Waals surface area contributed by atoms with Crippen molar-refractivity contribution in [3.8, 4) is 0 Å². The van der Waals surface area contributed by atoms with Crippen LogP contribution in [0.2, 0.25) is 0 Å². The summed E-state index contributed by atoms with van der Waals surface area (Å²) in [4.78, 5) is 15.1. The zero-order valence-electron chi connectivity index (χ0n) is 14.3. The lowest BCUT2D eigenvalue weighted by atomic mass is 10.1. The van der Waals surface area contributed by atoms with E-state index in [1.165, 1.54) is 48.5 Å². The molecule has 24 heavy (non-hydrogen) atoms. The highest BCUT2D eigenvalue weighted by atomic mass is 32.1. The van der Waals surface area contributed by atoms with Crippen LogP contribution in [0.15, 0.2) is 10.7 Å². The predicted octanol–water partition coefficient (Wildman–Crippen LogP) is 3.42. The van der Waals surface area contributed by atoms with Gasteiger partial charge in [0.15, 0.2) is 11.0 Å². The van der Waals surface area contributed by atoms with Gasteiger partial charge in [-0.2, -0.15) is 4.98 Å². The van der Waals surface area contributed by atoms with E-state index in [4.69, 9.17) is 4.52 Å². The largest absolute Gasteiger partial charge is 0.348 e. The van der Waals surface area contributed by atoms with E-state index in [0.717, 1.165) is 31.3 Å². The third-order valence-electron chi connectivity index (χ3n) is 4.94. The van der Waals surface area contributed by atoms with Gasteiger partial charge in [0.25, 0.3) is 0 Å². The lowest BCUT2D eigenvalue weighted by molar-refractivity contribution is 0.299.